The Morgan fingerprint density at radius 2 is 2.33 bits per heavy atom. The Balaban J connectivity index is 2.09. The number of aliphatic hydroxyl groups is 1. The Bertz CT molecular complexity index is 318. The first-order valence-electron chi connectivity index (χ1n) is 6.14. The van der Waals surface area contributed by atoms with Gasteiger partial charge in [0.2, 0.25) is 0 Å². The number of nitrogens with zero attached hydrogens (tertiary/aromatic N) is 4. The molecule has 1 aromatic heterocycles. The van der Waals surface area contributed by atoms with Crippen LogP contribution in [0, 0.1) is 0 Å². The molecule has 1 aromatic rings. The Kier molecular flexibility index (Phi) is 7.51. The summed E-state index contributed by atoms with van der Waals surface area (Å²) in [5, 5.41) is 20.0. The van der Waals surface area contributed by atoms with Crippen molar-refractivity contribution in [2.45, 2.75) is 13.1 Å². The number of nitrogens with one attached hydrogen (secondary N) is 1. The fourth-order valence-corrected chi connectivity index (χ4v) is 1.48. The molecule has 18 heavy (non-hydrogen) atoms. The van der Waals surface area contributed by atoms with Crippen molar-refractivity contribution in [3.8, 4) is 0 Å². The topological polar surface area (TPSA) is 75.4 Å². The maximum absolute atomic E-state index is 8.76. The first-order valence-corrected chi connectivity index (χ1v) is 6.14. The van der Waals surface area contributed by atoms with Gasteiger partial charge in [-0.05, 0) is 7.05 Å². The summed E-state index contributed by atoms with van der Waals surface area (Å²) in [5.74, 6) is 0. The second kappa shape index (κ2) is 8.98. The number of methoxy groups -OCH3 is 1. The maximum atomic E-state index is 8.76. The molecule has 0 radical (unpaired) electrons. The minimum absolute atomic E-state index is 0.0839. The Morgan fingerprint density at radius 1 is 1.50 bits per heavy atom. The molecule has 1 rings (SSSR count). The molecule has 0 amide bonds. The predicted octanol–water partition coefficient (Wildman–Crippen LogP) is -1.06. The van der Waals surface area contributed by atoms with E-state index in [1.165, 1.54) is 0 Å². The van der Waals surface area contributed by atoms with Crippen LogP contribution in [0.25, 0.3) is 0 Å². The molecule has 2 N–H and O–H groups in total. The minimum Gasteiger partial charge on any atom is -0.394 e. The van der Waals surface area contributed by atoms with Gasteiger partial charge in [-0.25, -0.2) is 4.68 Å². The summed E-state index contributed by atoms with van der Waals surface area (Å²) in [4.78, 5) is 2.21. The van der Waals surface area contributed by atoms with E-state index >= 15 is 0 Å². The van der Waals surface area contributed by atoms with Crippen molar-refractivity contribution in [3.05, 3.63) is 11.9 Å². The summed E-state index contributed by atoms with van der Waals surface area (Å²) in [7, 11) is 3.78. The van der Waals surface area contributed by atoms with Gasteiger partial charge in [0, 0.05) is 39.5 Å². The van der Waals surface area contributed by atoms with Gasteiger partial charge in [-0.1, -0.05) is 5.21 Å². The standard InChI is InChI=1S/C11H23N5O2/c1-15(6-8-18-2)4-3-12-9-11-10-16(5-7-17)14-13-11/h10,12,17H,3-9H2,1-2H3. The third-order valence-electron chi connectivity index (χ3n) is 2.57. The molecule has 0 saturated carbocycles. The van der Waals surface area contributed by atoms with Crippen molar-refractivity contribution in [2.24, 2.45) is 0 Å². The Labute approximate surface area is 108 Å². The molecule has 0 aliphatic carbocycles. The average molecular weight is 257 g/mol. The molecule has 0 fully saturated rings. The summed E-state index contributed by atoms with van der Waals surface area (Å²) >= 11 is 0. The number of likely N-dealkylation sites (N-methyl/N-ethyl adjacent to an activating group) is 1. The zero-order valence-corrected chi connectivity index (χ0v) is 11.2. The van der Waals surface area contributed by atoms with Gasteiger partial charge in [0.1, 0.15) is 0 Å². The van der Waals surface area contributed by atoms with Crippen LogP contribution in [0.15, 0.2) is 6.20 Å². The highest BCUT2D eigenvalue weighted by Crippen LogP contribution is 1.92. The molecule has 1 heterocycles. The van der Waals surface area contributed by atoms with Crippen LogP contribution < -0.4 is 5.32 Å². The third-order valence-corrected chi connectivity index (χ3v) is 2.57. The summed E-state index contributed by atoms with van der Waals surface area (Å²) in [6, 6.07) is 0. The highest BCUT2D eigenvalue weighted by Gasteiger charge is 2.01. The van der Waals surface area contributed by atoms with Crippen LogP contribution in [0.2, 0.25) is 0 Å². The predicted molar refractivity (Wildman–Crippen MR) is 68.2 cm³/mol. The lowest BCUT2D eigenvalue weighted by Gasteiger charge is -2.15. The van der Waals surface area contributed by atoms with E-state index in [0.29, 0.717) is 13.1 Å². The monoisotopic (exact) mass is 257 g/mol. The molecule has 0 unspecified atom stereocenters. The van der Waals surface area contributed by atoms with E-state index in [9.17, 15) is 0 Å². The number of rotatable bonds is 10. The zero-order chi connectivity index (χ0) is 13.2. The van der Waals surface area contributed by atoms with Gasteiger partial charge < -0.3 is 20.1 Å². The fourth-order valence-electron chi connectivity index (χ4n) is 1.48. The van der Waals surface area contributed by atoms with Crippen LogP contribution >= 0.6 is 0 Å². The van der Waals surface area contributed by atoms with E-state index < -0.39 is 0 Å². The molecular formula is C11H23N5O2. The first kappa shape index (κ1) is 15.0. The van der Waals surface area contributed by atoms with Crippen LogP contribution in [-0.2, 0) is 17.8 Å². The van der Waals surface area contributed by atoms with Crippen LogP contribution in [0.1, 0.15) is 5.69 Å². The van der Waals surface area contributed by atoms with E-state index in [1.807, 2.05) is 6.20 Å². The third kappa shape index (κ3) is 6.06. The van der Waals surface area contributed by atoms with Crippen LogP contribution in [0.5, 0.6) is 0 Å². The van der Waals surface area contributed by atoms with E-state index in [4.69, 9.17) is 9.84 Å². The molecule has 0 spiro atoms. The van der Waals surface area contributed by atoms with E-state index in [2.05, 4.69) is 27.6 Å². The first-order chi connectivity index (χ1) is 8.76. The van der Waals surface area contributed by atoms with Crippen LogP contribution in [-0.4, -0.2) is 72.0 Å². The van der Waals surface area contributed by atoms with Gasteiger partial charge in [-0.15, -0.1) is 5.10 Å². The van der Waals surface area contributed by atoms with Crippen LogP contribution in [0.4, 0.5) is 0 Å². The normalized spacial score (nSPS) is 11.3. The maximum Gasteiger partial charge on any atom is 0.0964 e. The van der Waals surface area contributed by atoms with Gasteiger partial charge in [-0.3, -0.25) is 0 Å². The smallest absolute Gasteiger partial charge is 0.0964 e. The van der Waals surface area contributed by atoms with Crippen molar-refractivity contribution in [3.63, 3.8) is 0 Å². The molecule has 7 heteroatoms. The number of aliphatic hydroxyl groups excluding tert-OH is 1. The highest BCUT2D eigenvalue weighted by atomic mass is 16.5. The van der Waals surface area contributed by atoms with Crippen molar-refractivity contribution in [1.82, 2.24) is 25.2 Å². The summed E-state index contributed by atoms with van der Waals surface area (Å²) < 4.78 is 6.65. The second-order valence-corrected chi connectivity index (χ2v) is 4.17. The number of hydrogen-bond acceptors (Lipinski definition) is 6. The highest BCUT2D eigenvalue weighted by molar-refractivity contribution is 4.91. The zero-order valence-electron chi connectivity index (χ0n) is 11.2. The van der Waals surface area contributed by atoms with E-state index in [0.717, 1.165) is 31.9 Å². The molecule has 0 saturated heterocycles. The lowest BCUT2D eigenvalue weighted by Crippen LogP contribution is -2.31. The largest absolute Gasteiger partial charge is 0.394 e. The average Bonchev–Trinajstić information content (AvgIpc) is 2.80. The number of aromatic nitrogens is 3. The second-order valence-electron chi connectivity index (χ2n) is 4.17. The SMILES string of the molecule is COCCN(C)CCNCc1cn(CCO)nn1. The van der Waals surface area contributed by atoms with Gasteiger partial charge in [0.25, 0.3) is 0 Å². The number of ether oxygens (including phenoxy) is 1. The molecular weight excluding hydrogens is 234 g/mol. The molecule has 0 bridgehead atoms. The lowest BCUT2D eigenvalue weighted by molar-refractivity contribution is 0.161. The van der Waals surface area contributed by atoms with Crippen molar-refractivity contribution in [1.29, 1.82) is 0 Å². The summed E-state index contributed by atoms with van der Waals surface area (Å²) in [6.45, 7) is 4.83. The van der Waals surface area contributed by atoms with Gasteiger partial charge in [-0.2, -0.15) is 0 Å². The Morgan fingerprint density at radius 3 is 3.06 bits per heavy atom. The van der Waals surface area contributed by atoms with Crippen molar-refractivity contribution < 1.29 is 9.84 Å². The quantitative estimate of drug-likeness (QED) is 0.520. The summed E-state index contributed by atoms with van der Waals surface area (Å²) in [6.07, 6.45) is 1.85. The lowest BCUT2D eigenvalue weighted by atomic mass is 10.4. The molecule has 7 nitrogen and oxygen atoms in total. The fraction of sp³-hybridized carbons (Fsp3) is 0.818. The van der Waals surface area contributed by atoms with Crippen molar-refractivity contribution in [2.75, 3.05) is 47.0 Å². The van der Waals surface area contributed by atoms with E-state index in [-0.39, 0.29) is 6.61 Å². The molecule has 0 aliphatic heterocycles. The van der Waals surface area contributed by atoms with Gasteiger partial charge in [0.15, 0.2) is 0 Å². The van der Waals surface area contributed by atoms with Crippen molar-refractivity contribution >= 4 is 0 Å². The number of hydrogen-bond donors (Lipinski definition) is 2. The van der Waals surface area contributed by atoms with Gasteiger partial charge >= 0.3 is 0 Å². The summed E-state index contributed by atoms with van der Waals surface area (Å²) in [5.41, 5.74) is 0.892. The van der Waals surface area contributed by atoms with E-state index in [1.54, 1.807) is 11.8 Å². The molecule has 0 atom stereocenters. The molecule has 104 valence electrons. The van der Waals surface area contributed by atoms with Gasteiger partial charge in [0.05, 0.1) is 25.5 Å². The molecule has 0 aromatic carbocycles. The van der Waals surface area contributed by atoms with Crippen LogP contribution in [0.3, 0.4) is 0 Å². The Hall–Kier alpha value is -1.02. The molecule has 0 aliphatic rings. The minimum atomic E-state index is 0.0839.